The summed E-state index contributed by atoms with van der Waals surface area (Å²) < 4.78 is 0. The van der Waals surface area contributed by atoms with E-state index < -0.39 is 0 Å². The van der Waals surface area contributed by atoms with Crippen molar-refractivity contribution in [3.05, 3.63) is 87.2 Å². The van der Waals surface area contributed by atoms with Crippen LogP contribution in [-0.2, 0) is 6.42 Å². The number of pyridine rings is 1. The highest BCUT2D eigenvalue weighted by Gasteiger charge is 2.06. The van der Waals surface area contributed by atoms with Gasteiger partial charge in [-0.3, -0.25) is 9.98 Å². The van der Waals surface area contributed by atoms with E-state index in [0.717, 1.165) is 34.0 Å². The van der Waals surface area contributed by atoms with Gasteiger partial charge in [-0.2, -0.15) is 0 Å². The first-order chi connectivity index (χ1) is 13.8. The van der Waals surface area contributed by atoms with Gasteiger partial charge in [0.15, 0.2) is 0 Å². The fraction of sp³-hybridized carbons (Fsp3) is 0.240. The molecule has 0 unspecified atom stereocenters. The molecule has 2 aromatic carbocycles. The van der Waals surface area contributed by atoms with Gasteiger partial charge in [0, 0.05) is 18.3 Å². The van der Waals surface area contributed by atoms with E-state index >= 15 is 0 Å². The largest absolute Gasteiger partial charge is 0.260 e. The molecule has 1 heterocycles. The van der Waals surface area contributed by atoms with Crippen LogP contribution in [0.2, 0.25) is 5.02 Å². The molecule has 0 saturated heterocycles. The van der Waals surface area contributed by atoms with Crippen molar-refractivity contribution in [1.82, 2.24) is 4.98 Å². The summed E-state index contributed by atoms with van der Waals surface area (Å²) in [5.74, 6) is 0. The van der Waals surface area contributed by atoms with Crippen molar-refractivity contribution in [3.8, 4) is 0 Å². The highest BCUT2D eigenvalue weighted by molar-refractivity contribution is 6.33. The summed E-state index contributed by atoms with van der Waals surface area (Å²) in [7, 11) is 0. The van der Waals surface area contributed by atoms with Gasteiger partial charge >= 0.3 is 0 Å². The number of hydrogen-bond donors (Lipinski definition) is 0. The maximum absolute atomic E-state index is 6.31. The number of aryl methyl sites for hydroxylation is 4. The third-order valence-corrected chi connectivity index (χ3v) is 5.11. The molecule has 0 amide bonds. The van der Waals surface area contributed by atoms with Gasteiger partial charge in [0.2, 0.25) is 0 Å². The van der Waals surface area contributed by atoms with Crippen molar-refractivity contribution in [2.45, 2.75) is 41.0 Å². The average Bonchev–Trinajstić information content (AvgIpc) is 2.67. The Bertz CT molecular complexity index is 1050. The SMILES string of the molecule is CC(=Nc1c(C)cccc1Cl)c1cccc(CC=Nc2c(C)cc(C)cc2C)n1. The van der Waals surface area contributed by atoms with Crippen molar-refractivity contribution in [2.24, 2.45) is 9.98 Å². The molecule has 148 valence electrons. The van der Waals surface area contributed by atoms with Crippen LogP contribution in [0.4, 0.5) is 11.4 Å². The Morgan fingerprint density at radius 2 is 1.62 bits per heavy atom. The topological polar surface area (TPSA) is 37.6 Å². The monoisotopic (exact) mass is 403 g/mol. The summed E-state index contributed by atoms with van der Waals surface area (Å²) in [6.07, 6.45) is 2.60. The van der Waals surface area contributed by atoms with Crippen LogP contribution in [0.1, 0.15) is 40.6 Å². The van der Waals surface area contributed by atoms with Gasteiger partial charge in [-0.25, -0.2) is 4.99 Å². The second-order valence-electron chi connectivity index (χ2n) is 7.38. The van der Waals surface area contributed by atoms with Crippen molar-refractivity contribution in [2.75, 3.05) is 0 Å². The van der Waals surface area contributed by atoms with Crippen LogP contribution < -0.4 is 0 Å². The van der Waals surface area contributed by atoms with E-state index in [1.165, 1.54) is 16.7 Å². The van der Waals surface area contributed by atoms with E-state index in [1.54, 1.807) is 0 Å². The highest BCUT2D eigenvalue weighted by atomic mass is 35.5. The lowest BCUT2D eigenvalue weighted by Gasteiger charge is -2.07. The zero-order valence-electron chi connectivity index (χ0n) is 17.6. The Morgan fingerprint density at radius 3 is 2.31 bits per heavy atom. The number of rotatable bonds is 5. The molecule has 0 aliphatic rings. The summed E-state index contributed by atoms with van der Waals surface area (Å²) >= 11 is 6.31. The van der Waals surface area contributed by atoms with Crippen LogP contribution >= 0.6 is 11.6 Å². The minimum absolute atomic E-state index is 0.650. The van der Waals surface area contributed by atoms with Crippen LogP contribution in [-0.4, -0.2) is 16.9 Å². The molecule has 0 atom stereocenters. The second-order valence-corrected chi connectivity index (χ2v) is 7.79. The fourth-order valence-electron chi connectivity index (χ4n) is 3.39. The first-order valence-electron chi connectivity index (χ1n) is 9.72. The number of halogens is 1. The van der Waals surface area contributed by atoms with E-state index in [-0.39, 0.29) is 0 Å². The van der Waals surface area contributed by atoms with E-state index in [0.29, 0.717) is 11.4 Å². The number of hydrogen-bond acceptors (Lipinski definition) is 3. The predicted molar refractivity (Wildman–Crippen MR) is 125 cm³/mol. The fourth-order valence-corrected chi connectivity index (χ4v) is 3.66. The van der Waals surface area contributed by atoms with Gasteiger partial charge in [0.25, 0.3) is 0 Å². The van der Waals surface area contributed by atoms with Crippen molar-refractivity contribution < 1.29 is 0 Å². The number of benzene rings is 2. The van der Waals surface area contributed by atoms with E-state index in [1.807, 2.05) is 56.5 Å². The van der Waals surface area contributed by atoms with Crippen LogP contribution in [0.5, 0.6) is 0 Å². The maximum atomic E-state index is 6.31. The van der Waals surface area contributed by atoms with Crippen molar-refractivity contribution >= 4 is 34.9 Å². The van der Waals surface area contributed by atoms with Crippen molar-refractivity contribution in [3.63, 3.8) is 0 Å². The van der Waals surface area contributed by atoms with Crippen LogP contribution in [0, 0.1) is 27.7 Å². The predicted octanol–water partition coefficient (Wildman–Crippen LogP) is 7.05. The van der Waals surface area contributed by atoms with E-state index in [4.69, 9.17) is 26.6 Å². The van der Waals surface area contributed by atoms with Gasteiger partial charge in [-0.05, 0) is 69.5 Å². The van der Waals surface area contributed by atoms with Gasteiger partial charge < -0.3 is 0 Å². The molecule has 0 spiro atoms. The summed E-state index contributed by atoms with van der Waals surface area (Å²) in [6, 6.07) is 16.1. The van der Waals surface area contributed by atoms with E-state index in [2.05, 4.69) is 32.9 Å². The molecule has 0 aliphatic heterocycles. The Labute approximate surface area is 178 Å². The molecular weight excluding hydrogens is 378 g/mol. The number of para-hydroxylation sites is 1. The standard InChI is InChI=1S/C25H26ClN3/c1-16-14-18(3)24(19(4)15-16)27-13-12-21-9-7-11-23(29-21)20(5)28-25-17(2)8-6-10-22(25)26/h6-11,13-15H,12H2,1-5H3. The third-order valence-electron chi connectivity index (χ3n) is 4.80. The summed E-state index contributed by atoms with van der Waals surface area (Å²) in [4.78, 5) is 14.2. The molecule has 3 aromatic rings. The molecule has 0 saturated carbocycles. The molecule has 0 aliphatic carbocycles. The summed E-state index contributed by atoms with van der Waals surface area (Å²) in [6.45, 7) is 10.3. The molecule has 3 nitrogen and oxygen atoms in total. The van der Waals surface area contributed by atoms with Crippen LogP contribution in [0.15, 0.2) is 58.5 Å². The maximum Gasteiger partial charge on any atom is 0.0849 e. The zero-order chi connectivity index (χ0) is 21.0. The van der Waals surface area contributed by atoms with Gasteiger partial charge in [-0.15, -0.1) is 0 Å². The Morgan fingerprint density at radius 1 is 0.931 bits per heavy atom. The molecule has 0 bridgehead atoms. The Balaban J connectivity index is 1.81. The molecule has 0 N–H and O–H groups in total. The molecule has 1 aromatic heterocycles. The number of aromatic nitrogens is 1. The van der Waals surface area contributed by atoms with Crippen LogP contribution in [0.3, 0.4) is 0 Å². The molecule has 0 radical (unpaired) electrons. The molecule has 0 fully saturated rings. The Hall–Kier alpha value is -2.78. The first kappa shape index (κ1) is 20.9. The molecule has 29 heavy (non-hydrogen) atoms. The summed E-state index contributed by atoms with van der Waals surface area (Å²) in [5.41, 5.74) is 9.17. The van der Waals surface area contributed by atoms with Crippen LogP contribution in [0.25, 0.3) is 0 Å². The van der Waals surface area contributed by atoms with Gasteiger partial charge in [-0.1, -0.05) is 47.5 Å². The Kier molecular flexibility index (Phi) is 6.60. The minimum Gasteiger partial charge on any atom is -0.260 e. The first-order valence-corrected chi connectivity index (χ1v) is 10.1. The van der Waals surface area contributed by atoms with Crippen molar-refractivity contribution in [1.29, 1.82) is 0 Å². The lowest BCUT2D eigenvalue weighted by atomic mass is 10.1. The number of nitrogens with zero attached hydrogens (tertiary/aromatic N) is 3. The van der Waals surface area contributed by atoms with Gasteiger partial charge in [0.1, 0.15) is 0 Å². The quantitative estimate of drug-likeness (QED) is 0.420. The molecule has 3 rings (SSSR count). The average molecular weight is 404 g/mol. The van der Waals surface area contributed by atoms with Gasteiger partial charge in [0.05, 0.1) is 27.8 Å². The molecule has 4 heteroatoms. The zero-order valence-corrected chi connectivity index (χ0v) is 18.4. The van der Waals surface area contributed by atoms with E-state index in [9.17, 15) is 0 Å². The lowest BCUT2D eigenvalue weighted by Crippen LogP contribution is -2.02. The lowest BCUT2D eigenvalue weighted by molar-refractivity contribution is 1.13. The second kappa shape index (κ2) is 9.15. The third kappa shape index (κ3) is 5.18. The number of aliphatic imine (C=N–C) groups is 2. The smallest absolute Gasteiger partial charge is 0.0849 e. The molecular formula is C25H26ClN3. The minimum atomic E-state index is 0.650. The highest BCUT2D eigenvalue weighted by Crippen LogP contribution is 2.29. The normalized spacial score (nSPS) is 12.0. The summed E-state index contributed by atoms with van der Waals surface area (Å²) in [5, 5.41) is 0.650.